The minimum Gasteiger partial charge on any atom is -0.506 e. The lowest BCUT2D eigenvalue weighted by atomic mass is 10.0. The van der Waals surface area contributed by atoms with Crippen molar-refractivity contribution in [3.05, 3.63) is 77.2 Å². The average molecular weight is 346 g/mol. The van der Waals surface area contributed by atoms with Crippen LogP contribution in [0.3, 0.4) is 0 Å². The van der Waals surface area contributed by atoms with Crippen molar-refractivity contribution in [1.29, 1.82) is 0 Å². The fourth-order valence-corrected chi connectivity index (χ4v) is 3.49. The second-order valence-corrected chi connectivity index (χ2v) is 6.57. The van der Waals surface area contributed by atoms with Crippen LogP contribution in [0.15, 0.2) is 76.6 Å². The first kappa shape index (κ1) is 15.5. The number of rotatable bonds is 2. The summed E-state index contributed by atoms with van der Waals surface area (Å²) in [7, 11) is 0. The Labute approximate surface area is 148 Å². The highest BCUT2D eigenvalue weighted by Crippen LogP contribution is 2.32. The molecule has 1 fully saturated rings. The first-order valence-electron chi connectivity index (χ1n) is 7.76. The number of phenols is 1. The number of carbonyl (C=O) groups is 1. The summed E-state index contributed by atoms with van der Waals surface area (Å²) in [5, 5.41) is 15.2. The molecule has 122 valence electrons. The quantitative estimate of drug-likeness (QED) is 0.675. The second-order valence-electron chi connectivity index (χ2n) is 5.54. The Hall–Kier alpha value is -3.05. The van der Waals surface area contributed by atoms with Crippen molar-refractivity contribution in [2.24, 2.45) is 4.99 Å². The van der Waals surface area contributed by atoms with Crippen LogP contribution < -0.4 is 5.32 Å². The van der Waals surface area contributed by atoms with Gasteiger partial charge in [-0.25, -0.2) is 4.99 Å². The number of hydrogen-bond donors (Lipinski definition) is 2. The van der Waals surface area contributed by atoms with E-state index < -0.39 is 0 Å². The number of nitrogens with one attached hydrogen (secondary N) is 1. The van der Waals surface area contributed by atoms with Gasteiger partial charge in [0.15, 0.2) is 5.17 Å². The SMILES string of the molecule is O=C1NC(=Nc2ccccc2O)SC1=Cc1cccc2ccccc12. The van der Waals surface area contributed by atoms with Gasteiger partial charge in [-0.2, -0.15) is 0 Å². The first-order chi connectivity index (χ1) is 12.2. The van der Waals surface area contributed by atoms with Crippen molar-refractivity contribution in [3.63, 3.8) is 0 Å². The maximum Gasteiger partial charge on any atom is 0.264 e. The van der Waals surface area contributed by atoms with Gasteiger partial charge in [0, 0.05) is 0 Å². The molecular weight excluding hydrogens is 332 g/mol. The molecule has 1 aliphatic rings. The van der Waals surface area contributed by atoms with Crippen LogP contribution in [0.5, 0.6) is 5.75 Å². The maximum absolute atomic E-state index is 12.3. The van der Waals surface area contributed by atoms with Gasteiger partial charge >= 0.3 is 0 Å². The van der Waals surface area contributed by atoms with Crippen LogP contribution >= 0.6 is 11.8 Å². The van der Waals surface area contributed by atoms with E-state index in [4.69, 9.17) is 0 Å². The predicted molar refractivity (Wildman–Crippen MR) is 103 cm³/mol. The lowest BCUT2D eigenvalue weighted by Gasteiger charge is -2.02. The van der Waals surface area contributed by atoms with Gasteiger partial charge in [-0.1, -0.05) is 54.6 Å². The lowest BCUT2D eigenvalue weighted by molar-refractivity contribution is -0.115. The van der Waals surface area contributed by atoms with Gasteiger partial charge in [-0.3, -0.25) is 4.79 Å². The van der Waals surface area contributed by atoms with E-state index in [1.807, 2.05) is 48.5 Å². The number of thioether (sulfide) groups is 1. The average Bonchev–Trinajstić information content (AvgIpc) is 2.97. The zero-order valence-corrected chi connectivity index (χ0v) is 14.0. The Morgan fingerprint density at radius 2 is 1.72 bits per heavy atom. The van der Waals surface area contributed by atoms with E-state index in [1.54, 1.807) is 24.3 Å². The number of hydrogen-bond acceptors (Lipinski definition) is 4. The molecule has 0 aliphatic carbocycles. The van der Waals surface area contributed by atoms with E-state index in [1.165, 1.54) is 11.8 Å². The number of benzene rings is 3. The fraction of sp³-hybridized carbons (Fsp3) is 0. The molecule has 4 nitrogen and oxygen atoms in total. The number of aliphatic imine (C=N–C) groups is 1. The minimum atomic E-state index is -0.188. The zero-order valence-electron chi connectivity index (χ0n) is 13.1. The van der Waals surface area contributed by atoms with Crippen LogP contribution in [0.4, 0.5) is 5.69 Å². The zero-order chi connectivity index (χ0) is 17.2. The van der Waals surface area contributed by atoms with Gasteiger partial charge in [-0.15, -0.1) is 0 Å². The number of phenolic OH excluding ortho intramolecular Hbond substituents is 1. The van der Waals surface area contributed by atoms with Gasteiger partial charge in [-0.05, 0) is 46.3 Å². The maximum atomic E-state index is 12.3. The van der Waals surface area contributed by atoms with Gasteiger partial charge < -0.3 is 10.4 Å². The van der Waals surface area contributed by atoms with Crippen molar-refractivity contribution in [1.82, 2.24) is 5.32 Å². The van der Waals surface area contributed by atoms with Crippen LogP contribution in [-0.4, -0.2) is 16.2 Å². The molecule has 1 aliphatic heterocycles. The van der Waals surface area contributed by atoms with Gasteiger partial charge in [0.25, 0.3) is 5.91 Å². The smallest absolute Gasteiger partial charge is 0.264 e. The minimum absolute atomic E-state index is 0.0799. The molecule has 2 N–H and O–H groups in total. The standard InChI is InChI=1S/C20H14N2O2S/c23-17-11-4-3-10-16(17)21-20-22-19(24)18(25-20)12-14-8-5-7-13-6-1-2-9-15(13)14/h1-12,23H,(H,21,22,24). The van der Waals surface area contributed by atoms with Crippen molar-refractivity contribution < 1.29 is 9.90 Å². The van der Waals surface area contributed by atoms with Crippen molar-refractivity contribution >= 4 is 45.4 Å². The third kappa shape index (κ3) is 3.14. The van der Waals surface area contributed by atoms with Crippen LogP contribution in [0.25, 0.3) is 16.8 Å². The third-order valence-corrected chi connectivity index (χ3v) is 4.77. The number of fused-ring (bicyclic) bond motifs is 1. The highest BCUT2D eigenvalue weighted by atomic mass is 32.2. The van der Waals surface area contributed by atoms with Crippen molar-refractivity contribution in [3.8, 4) is 5.75 Å². The van der Waals surface area contributed by atoms with Crippen LogP contribution in [-0.2, 0) is 4.79 Å². The Balaban J connectivity index is 1.69. The number of nitrogens with zero attached hydrogens (tertiary/aromatic N) is 1. The highest BCUT2D eigenvalue weighted by molar-refractivity contribution is 8.18. The summed E-state index contributed by atoms with van der Waals surface area (Å²) >= 11 is 1.27. The van der Waals surface area contributed by atoms with Crippen LogP contribution in [0.2, 0.25) is 0 Å². The predicted octanol–water partition coefficient (Wildman–Crippen LogP) is 4.44. The molecule has 0 saturated carbocycles. The number of carbonyl (C=O) groups excluding carboxylic acids is 1. The van der Waals surface area contributed by atoms with E-state index in [0.717, 1.165) is 16.3 Å². The third-order valence-electron chi connectivity index (χ3n) is 3.86. The molecule has 0 radical (unpaired) electrons. The molecule has 4 rings (SSSR count). The molecule has 1 amide bonds. The molecule has 3 aromatic rings. The van der Waals surface area contributed by atoms with Gasteiger partial charge in [0.05, 0.1) is 4.91 Å². The van der Waals surface area contributed by atoms with Crippen molar-refractivity contribution in [2.75, 3.05) is 0 Å². The van der Waals surface area contributed by atoms with Gasteiger partial charge in [0.1, 0.15) is 11.4 Å². The van der Waals surface area contributed by atoms with E-state index >= 15 is 0 Å². The highest BCUT2D eigenvalue weighted by Gasteiger charge is 2.24. The fourth-order valence-electron chi connectivity index (χ4n) is 2.67. The molecular formula is C20H14N2O2S. The number of para-hydroxylation sites is 2. The summed E-state index contributed by atoms with van der Waals surface area (Å²) in [5.41, 5.74) is 1.41. The number of aromatic hydroxyl groups is 1. The van der Waals surface area contributed by atoms with Crippen molar-refractivity contribution in [2.45, 2.75) is 0 Å². The number of amides is 1. The monoisotopic (exact) mass is 346 g/mol. The molecule has 0 spiro atoms. The van der Waals surface area contributed by atoms with Crippen LogP contribution in [0, 0.1) is 0 Å². The largest absolute Gasteiger partial charge is 0.506 e. The molecule has 1 saturated heterocycles. The molecule has 0 aromatic heterocycles. The lowest BCUT2D eigenvalue weighted by Crippen LogP contribution is -2.19. The summed E-state index contributed by atoms with van der Waals surface area (Å²) < 4.78 is 0. The molecule has 0 bridgehead atoms. The summed E-state index contributed by atoms with van der Waals surface area (Å²) in [6.45, 7) is 0. The van der Waals surface area contributed by atoms with Crippen LogP contribution in [0.1, 0.15) is 5.56 Å². The van der Waals surface area contributed by atoms with E-state index in [9.17, 15) is 9.90 Å². The molecule has 0 atom stereocenters. The van der Waals surface area contributed by atoms with Gasteiger partial charge in [0.2, 0.25) is 0 Å². The first-order valence-corrected chi connectivity index (χ1v) is 8.58. The summed E-state index contributed by atoms with van der Waals surface area (Å²) in [6, 6.07) is 20.8. The topological polar surface area (TPSA) is 61.7 Å². The van der Waals surface area contributed by atoms with E-state index in [-0.39, 0.29) is 11.7 Å². The molecule has 1 heterocycles. The molecule has 5 heteroatoms. The second kappa shape index (κ2) is 6.45. The summed E-state index contributed by atoms with van der Waals surface area (Å²) in [5.74, 6) is -0.108. The Kier molecular flexibility index (Phi) is 3.99. The van der Waals surface area contributed by atoms with E-state index in [0.29, 0.717) is 15.8 Å². The molecule has 0 unspecified atom stereocenters. The number of amidine groups is 1. The normalized spacial score (nSPS) is 17.4. The Morgan fingerprint density at radius 3 is 2.60 bits per heavy atom. The summed E-state index contributed by atoms with van der Waals surface area (Å²) in [6.07, 6.45) is 1.87. The van der Waals surface area contributed by atoms with E-state index in [2.05, 4.69) is 10.3 Å². The Bertz CT molecular complexity index is 1040. The molecule has 3 aromatic carbocycles. The Morgan fingerprint density at radius 1 is 0.960 bits per heavy atom. The summed E-state index contributed by atoms with van der Waals surface area (Å²) in [4.78, 5) is 17.2. The molecule has 25 heavy (non-hydrogen) atoms.